The van der Waals surface area contributed by atoms with Gasteiger partial charge in [-0.05, 0) is 51.4 Å². The van der Waals surface area contributed by atoms with Crippen molar-refractivity contribution in [1.82, 2.24) is 5.32 Å². The van der Waals surface area contributed by atoms with Crippen LogP contribution in [-0.4, -0.2) is 46.9 Å². The molecule has 3 unspecified atom stereocenters. The van der Waals surface area contributed by atoms with Crippen molar-refractivity contribution in [3.63, 3.8) is 0 Å². The van der Waals surface area contributed by atoms with E-state index in [1.165, 1.54) is 161 Å². The number of aliphatic hydroxyl groups is 2. The second kappa shape index (κ2) is 42.7. The van der Waals surface area contributed by atoms with Crippen LogP contribution in [0.4, 0.5) is 0 Å². The number of esters is 1. The maximum atomic E-state index is 13.1. The lowest BCUT2D eigenvalue weighted by Gasteiger charge is -2.24. The lowest BCUT2D eigenvalue weighted by molar-refractivity contribution is -0.151. The molecule has 54 heavy (non-hydrogen) atoms. The fourth-order valence-electron chi connectivity index (χ4n) is 7.43. The van der Waals surface area contributed by atoms with Crippen molar-refractivity contribution < 1.29 is 24.5 Å². The van der Waals surface area contributed by atoms with Gasteiger partial charge in [0.15, 0.2) is 0 Å². The van der Waals surface area contributed by atoms with Crippen molar-refractivity contribution >= 4 is 11.9 Å². The summed E-state index contributed by atoms with van der Waals surface area (Å²) in [5.41, 5.74) is 0. The van der Waals surface area contributed by atoms with Crippen molar-refractivity contribution in [2.75, 3.05) is 6.61 Å². The van der Waals surface area contributed by atoms with Gasteiger partial charge in [-0.3, -0.25) is 9.59 Å². The first-order valence-electron chi connectivity index (χ1n) is 23.9. The zero-order chi connectivity index (χ0) is 39.6. The molecule has 1 amide bonds. The number of hydrogen-bond donors (Lipinski definition) is 3. The first kappa shape index (κ1) is 52.6. The molecule has 0 aromatic rings. The van der Waals surface area contributed by atoms with Crippen molar-refractivity contribution in [3.05, 3.63) is 12.2 Å². The number of rotatable bonds is 43. The minimum Gasteiger partial charge on any atom is -0.462 e. The molecule has 0 bridgehead atoms. The van der Waals surface area contributed by atoms with E-state index in [9.17, 15) is 19.8 Å². The lowest BCUT2D eigenvalue weighted by atomic mass is 10.0. The van der Waals surface area contributed by atoms with Crippen LogP contribution >= 0.6 is 0 Å². The van der Waals surface area contributed by atoms with Crippen molar-refractivity contribution in [3.8, 4) is 0 Å². The molecule has 0 spiro atoms. The van der Waals surface area contributed by atoms with Gasteiger partial charge < -0.3 is 20.3 Å². The summed E-state index contributed by atoms with van der Waals surface area (Å²) in [7, 11) is 0. The van der Waals surface area contributed by atoms with Crippen molar-refractivity contribution in [2.45, 2.75) is 277 Å². The van der Waals surface area contributed by atoms with Crippen LogP contribution in [0.1, 0.15) is 258 Å². The summed E-state index contributed by atoms with van der Waals surface area (Å²) in [6.45, 7) is 6.44. The van der Waals surface area contributed by atoms with E-state index >= 15 is 0 Å². The summed E-state index contributed by atoms with van der Waals surface area (Å²) in [6.07, 6.45) is 45.6. The first-order valence-corrected chi connectivity index (χ1v) is 23.9. The number of carbonyl (C=O) groups is 2. The Morgan fingerprint density at radius 2 is 0.889 bits per heavy atom. The molecule has 0 aromatic carbocycles. The zero-order valence-electron chi connectivity index (χ0n) is 36.4. The van der Waals surface area contributed by atoms with Gasteiger partial charge in [0.25, 0.3) is 0 Å². The van der Waals surface area contributed by atoms with Gasteiger partial charge in [-0.25, -0.2) is 0 Å². The molecule has 0 saturated carbocycles. The Morgan fingerprint density at radius 1 is 0.519 bits per heavy atom. The Bertz CT molecular complexity index is 817. The summed E-state index contributed by atoms with van der Waals surface area (Å²) >= 11 is 0. The number of carbonyl (C=O) groups excluding carboxylic acids is 2. The topological polar surface area (TPSA) is 95.9 Å². The van der Waals surface area contributed by atoms with Crippen LogP contribution in [0.5, 0.6) is 0 Å². The van der Waals surface area contributed by atoms with E-state index in [1.807, 2.05) is 0 Å². The molecule has 0 aliphatic carbocycles. The predicted octanol–water partition coefficient (Wildman–Crippen LogP) is 13.8. The molecule has 0 aliphatic rings. The normalized spacial score (nSPS) is 13.4. The largest absolute Gasteiger partial charge is 0.462 e. The van der Waals surface area contributed by atoms with Crippen molar-refractivity contribution in [1.29, 1.82) is 0 Å². The molecule has 320 valence electrons. The number of ether oxygens (including phenoxy) is 1. The summed E-state index contributed by atoms with van der Waals surface area (Å²) in [6, 6.07) is -0.694. The third-order valence-electron chi connectivity index (χ3n) is 11.1. The first-order chi connectivity index (χ1) is 26.5. The average molecular weight is 764 g/mol. The van der Waals surface area contributed by atoms with Crippen LogP contribution < -0.4 is 5.32 Å². The molecule has 0 fully saturated rings. The highest BCUT2D eigenvalue weighted by atomic mass is 16.5. The zero-order valence-corrected chi connectivity index (χ0v) is 36.4. The minimum atomic E-state index is -0.781. The molecule has 0 aromatic heterocycles. The molecule has 3 atom stereocenters. The fourth-order valence-corrected chi connectivity index (χ4v) is 7.43. The third-order valence-corrected chi connectivity index (χ3v) is 11.1. The average Bonchev–Trinajstić information content (AvgIpc) is 3.16. The molecular weight excluding hydrogens is 671 g/mol. The molecule has 0 rings (SSSR count). The van der Waals surface area contributed by atoms with Crippen LogP contribution in [0.3, 0.4) is 0 Å². The van der Waals surface area contributed by atoms with Gasteiger partial charge in [0.2, 0.25) is 5.91 Å². The van der Waals surface area contributed by atoms with E-state index < -0.39 is 18.2 Å². The van der Waals surface area contributed by atoms with Gasteiger partial charge in [0.1, 0.15) is 6.10 Å². The highest BCUT2D eigenvalue weighted by Crippen LogP contribution is 2.18. The molecule has 6 nitrogen and oxygen atoms in total. The van der Waals surface area contributed by atoms with E-state index in [1.54, 1.807) is 0 Å². The second-order valence-corrected chi connectivity index (χ2v) is 16.5. The predicted molar refractivity (Wildman–Crippen MR) is 232 cm³/mol. The summed E-state index contributed by atoms with van der Waals surface area (Å²) in [5, 5.41) is 23.7. The van der Waals surface area contributed by atoms with Crippen LogP contribution in [0, 0.1) is 0 Å². The SMILES string of the molecule is CCCCC/C=C\CCCCCCCC(=O)OC(CCCCCCCCCC)CC(=O)NC(CO)C(O)CCCCCCCCCCCCCCCCC. The van der Waals surface area contributed by atoms with Gasteiger partial charge in [0, 0.05) is 6.42 Å². The van der Waals surface area contributed by atoms with Gasteiger partial charge in [-0.2, -0.15) is 0 Å². The third kappa shape index (κ3) is 37.5. The maximum absolute atomic E-state index is 13.1. The van der Waals surface area contributed by atoms with E-state index in [0.29, 0.717) is 19.3 Å². The van der Waals surface area contributed by atoms with Gasteiger partial charge in [-0.1, -0.05) is 206 Å². The van der Waals surface area contributed by atoms with Gasteiger partial charge >= 0.3 is 5.97 Å². The molecule has 0 saturated heterocycles. The number of unbranched alkanes of at least 4 members (excludes halogenated alkanes) is 29. The maximum Gasteiger partial charge on any atom is 0.306 e. The molecule has 6 heteroatoms. The lowest BCUT2D eigenvalue weighted by Crippen LogP contribution is -2.46. The Morgan fingerprint density at radius 3 is 1.35 bits per heavy atom. The summed E-state index contributed by atoms with van der Waals surface area (Å²) in [4.78, 5) is 25.9. The minimum absolute atomic E-state index is 0.0797. The second-order valence-electron chi connectivity index (χ2n) is 16.5. The van der Waals surface area contributed by atoms with Crippen LogP contribution in [0.15, 0.2) is 12.2 Å². The Hall–Kier alpha value is -1.40. The quantitative estimate of drug-likeness (QED) is 0.0326. The number of allylic oxidation sites excluding steroid dienone is 2. The van der Waals surface area contributed by atoms with Crippen LogP contribution in [-0.2, 0) is 14.3 Å². The molecular formula is C48H93NO5. The monoisotopic (exact) mass is 764 g/mol. The number of amides is 1. The smallest absolute Gasteiger partial charge is 0.306 e. The fraction of sp³-hybridized carbons (Fsp3) is 0.917. The summed E-state index contributed by atoms with van der Waals surface area (Å²) < 4.78 is 5.88. The number of hydrogen-bond acceptors (Lipinski definition) is 5. The van der Waals surface area contributed by atoms with Crippen LogP contribution in [0.25, 0.3) is 0 Å². The Kier molecular flexibility index (Phi) is 41.6. The molecule has 0 radical (unpaired) electrons. The number of aliphatic hydroxyl groups excluding tert-OH is 2. The highest BCUT2D eigenvalue weighted by molar-refractivity contribution is 5.77. The number of nitrogens with one attached hydrogen (secondary N) is 1. The Balaban J connectivity index is 4.42. The van der Waals surface area contributed by atoms with Gasteiger partial charge in [-0.15, -0.1) is 0 Å². The van der Waals surface area contributed by atoms with Crippen LogP contribution in [0.2, 0.25) is 0 Å². The highest BCUT2D eigenvalue weighted by Gasteiger charge is 2.24. The summed E-state index contributed by atoms with van der Waals surface area (Å²) in [5.74, 6) is -0.476. The Labute approximate surface area is 336 Å². The van der Waals surface area contributed by atoms with E-state index in [0.717, 1.165) is 51.4 Å². The molecule has 0 aliphatic heterocycles. The molecule has 0 heterocycles. The molecule has 3 N–H and O–H groups in total. The van der Waals surface area contributed by atoms with Crippen molar-refractivity contribution in [2.24, 2.45) is 0 Å². The van der Waals surface area contributed by atoms with Gasteiger partial charge in [0.05, 0.1) is 25.2 Å². The van der Waals surface area contributed by atoms with E-state index in [-0.39, 0.29) is 24.9 Å². The van der Waals surface area contributed by atoms with E-state index in [2.05, 4.69) is 38.2 Å². The standard InChI is InChI=1S/C48H93NO5/c1-4-7-10-13-16-19-21-23-24-25-26-28-31-34-37-40-46(51)45(43-50)49-47(52)42-44(39-36-33-30-18-15-12-9-6-3)54-48(53)41-38-35-32-29-27-22-20-17-14-11-8-5-2/h17,20,44-46,50-51H,4-16,18-19,21-43H2,1-3H3,(H,49,52)/b20-17-. The van der Waals surface area contributed by atoms with E-state index in [4.69, 9.17) is 4.74 Å².